The molecule has 1 aliphatic rings. The summed E-state index contributed by atoms with van der Waals surface area (Å²) in [4.78, 5) is 4.84. The monoisotopic (exact) mass is 275 g/mol. The second kappa shape index (κ2) is 8.40. The SMILES string of the molecule is CN(C)CCCNCCN1CCC(c2ccccc2)C1. The number of nitrogens with one attached hydrogen (secondary N) is 1. The van der Waals surface area contributed by atoms with E-state index in [1.165, 1.54) is 44.6 Å². The maximum absolute atomic E-state index is 3.55. The van der Waals surface area contributed by atoms with Crippen LogP contribution in [0.1, 0.15) is 24.3 Å². The van der Waals surface area contributed by atoms with Crippen LogP contribution in [0.15, 0.2) is 30.3 Å². The minimum Gasteiger partial charge on any atom is -0.315 e. The van der Waals surface area contributed by atoms with E-state index in [0.29, 0.717) is 0 Å². The fraction of sp³-hybridized carbons (Fsp3) is 0.647. The number of likely N-dealkylation sites (tertiary alicyclic amines) is 1. The summed E-state index contributed by atoms with van der Waals surface area (Å²) in [5.74, 6) is 0.741. The first kappa shape index (κ1) is 15.5. The van der Waals surface area contributed by atoms with Crippen molar-refractivity contribution in [2.45, 2.75) is 18.8 Å². The van der Waals surface area contributed by atoms with Crippen LogP contribution in [0.2, 0.25) is 0 Å². The van der Waals surface area contributed by atoms with E-state index in [9.17, 15) is 0 Å². The Morgan fingerprint density at radius 2 is 2.00 bits per heavy atom. The lowest BCUT2D eigenvalue weighted by atomic mass is 9.99. The van der Waals surface area contributed by atoms with E-state index in [1.54, 1.807) is 0 Å². The quantitative estimate of drug-likeness (QED) is 0.732. The lowest BCUT2D eigenvalue weighted by Crippen LogP contribution is -2.31. The summed E-state index contributed by atoms with van der Waals surface area (Å²) in [5, 5.41) is 3.55. The van der Waals surface area contributed by atoms with Crippen molar-refractivity contribution in [1.29, 1.82) is 0 Å². The molecule has 0 saturated carbocycles. The Morgan fingerprint density at radius 1 is 1.20 bits per heavy atom. The Kier molecular flexibility index (Phi) is 6.51. The first-order valence-corrected chi connectivity index (χ1v) is 7.88. The van der Waals surface area contributed by atoms with E-state index in [2.05, 4.69) is 59.5 Å². The highest BCUT2D eigenvalue weighted by Crippen LogP contribution is 2.26. The molecule has 1 aliphatic heterocycles. The maximum atomic E-state index is 3.55. The zero-order valence-corrected chi connectivity index (χ0v) is 13.0. The molecular formula is C17H29N3. The second-order valence-corrected chi connectivity index (χ2v) is 6.10. The molecule has 112 valence electrons. The predicted octanol–water partition coefficient (Wildman–Crippen LogP) is 2.02. The van der Waals surface area contributed by atoms with Gasteiger partial charge in [0, 0.05) is 19.6 Å². The van der Waals surface area contributed by atoms with Gasteiger partial charge in [0.15, 0.2) is 0 Å². The van der Waals surface area contributed by atoms with Gasteiger partial charge in [-0.3, -0.25) is 0 Å². The van der Waals surface area contributed by atoms with E-state index >= 15 is 0 Å². The van der Waals surface area contributed by atoms with Crippen molar-refractivity contribution in [3.8, 4) is 0 Å². The van der Waals surface area contributed by atoms with E-state index in [0.717, 1.165) is 19.0 Å². The topological polar surface area (TPSA) is 18.5 Å². The Labute approximate surface area is 124 Å². The third-order valence-electron chi connectivity index (χ3n) is 4.11. The third kappa shape index (κ3) is 5.23. The highest BCUT2D eigenvalue weighted by atomic mass is 15.2. The van der Waals surface area contributed by atoms with Crippen LogP contribution in [-0.4, -0.2) is 63.2 Å². The molecule has 1 heterocycles. The highest BCUT2D eigenvalue weighted by molar-refractivity contribution is 5.20. The predicted molar refractivity (Wildman–Crippen MR) is 86.3 cm³/mol. The van der Waals surface area contributed by atoms with Gasteiger partial charge in [0.05, 0.1) is 0 Å². The minimum atomic E-state index is 0.741. The number of benzene rings is 1. The smallest absolute Gasteiger partial charge is 0.0107 e. The van der Waals surface area contributed by atoms with Gasteiger partial charge < -0.3 is 15.1 Å². The fourth-order valence-electron chi connectivity index (χ4n) is 2.92. The Balaban J connectivity index is 1.57. The summed E-state index contributed by atoms with van der Waals surface area (Å²) in [6.07, 6.45) is 2.55. The normalized spacial score (nSPS) is 19.9. The van der Waals surface area contributed by atoms with Crippen molar-refractivity contribution in [3.05, 3.63) is 35.9 Å². The van der Waals surface area contributed by atoms with Gasteiger partial charge >= 0.3 is 0 Å². The van der Waals surface area contributed by atoms with Crippen molar-refractivity contribution in [3.63, 3.8) is 0 Å². The molecule has 3 nitrogen and oxygen atoms in total. The molecule has 1 saturated heterocycles. The van der Waals surface area contributed by atoms with Gasteiger partial charge in [0.1, 0.15) is 0 Å². The molecule has 20 heavy (non-hydrogen) atoms. The molecule has 1 fully saturated rings. The Hall–Kier alpha value is -0.900. The van der Waals surface area contributed by atoms with Crippen molar-refractivity contribution < 1.29 is 0 Å². The van der Waals surface area contributed by atoms with Crippen LogP contribution in [0.25, 0.3) is 0 Å². The summed E-state index contributed by atoms with van der Waals surface area (Å²) in [6.45, 7) is 7.09. The van der Waals surface area contributed by atoms with Crippen molar-refractivity contribution >= 4 is 0 Å². The van der Waals surface area contributed by atoms with E-state index in [-0.39, 0.29) is 0 Å². The summed E-state index contributed by atoms with van der Waals surface area (Å²) in [7, 11) is 4.27. The molecule has 0 amide bonds. The van der Waals surface area contributed by atoms with Crippen LogP contribution in [0.3, 0.4) is 0 Å². The average molecular weight is 275 g/mol. The molecule has 0 spiro atoms. The summed E-state index contributed by atoms with van der Waals surface area (Å²) in [6, 6.07) is 11.0. The maximum Gasteiger partial charge on any atom is 0.0107 e. The minimum absolute atomic E-state index is 0.741. The fourth-order valence-corrected chi connectivity index (χ4v) is 2.92. The van der Waals surface area contributed by atoms with Crippen LogP contribution in [0, 0.1) is 0 Å². The van der Waals surface area contributed by atoms with Crippen molar-refractivity contribution in [1.82, 2.24) is 15.1 Å². The van der Waals surface area contributed by atoms with Gasteiger partial charge in [0.25, 0.3) is 0 Å². The van der Waals surface area contributed by atoms with Crippen LogP contribution in [0.4, 0.5) is 0 Å². The van der Waals surface area contributed by atoms with Crippen LogP contribution in [-0.2, 0) is 0 Å². The third-order valence-corrected chi connectivity index (χ3v) is 4.11. The summed E-state index contributed by atoms with van der Waals surface area (Å²) in [5.41, 5.74) is 1.51. The molecule has 1 unspecified atom stereocenters. The largest absolute Gasteiger partial charge is 0.315 e. The molecule has 1 N–H and O–H groups in total. The van der Waals surface area contributed by atoms with Gasteiger partial charge in [-0.15, -0.1) is 0 Å². The second-order valence-electron chi connectivity index (χ2n) is 6.10. The molecule has 0 bridgehead atoms. The lowest BCUT2D eigenvalue weighted by Gasteiger charge is -2.17. The van der Waals surface area contributed by atoms with Gasteiger partial charge in [-0.05, 0) is 58.1 Å². The molecule has 0 aliphatic carbocycles. The van der Waals surface area contributed by atoms with Crippen molar-refractivity contribution in [2.24, 2.45) is 0 Å². The molecule has 1 aromatic rings. The van der Waals surface area contributed by atoms with E-state index in [4.69, 9.17) is 0 Å². The first-order valence-electron chi connectivity index (χ1n) is 7.88. The Morgan fingerprint density at radius 3 is 2.75 bits per heavy atom. The van der Waals surface area contributed by atoms with Crippen LogP contribution in [0.5, 0.6) is 0 Å². The van der Waals surface area contributed by atoms with Gasteiger partial charge in [-0.2, -0.15) is 0 Å². The van der Waals surface area contributed by atoms with Crippen LogP contribution >= 0.6 is 0 Å². The summed E-state index contributed by atoms with van der Waals surface area (Å²) >= 11 is 0. The molecule has 0 aromatic heterocycles. The lowest BCUT2D eigenvalue weighted by molar-refractivity contribution is 0.328. The molecular weight excluding hydrogens is 246 g/mol. The molecule has 1 aromatic carbocycles. The number of hydrogen-bond acceptors (Lipinski definition) is 3. The van der Waals surface area contributed by atoms with Gasteiger partial charge in [-0.1, -0.05) is 30.3 Å². The number of rotatable bonds is 8. The van der Waals surface area contributed by atoms with Crippen molar-refractivity contribution in [2.75, 3.05) is 53.4 Å². The highest BCUT2D eigenvalue weighted by Gasteiger charge is 2.22. The number of nitrogens with zero attached hydrogens (tertiary/aromatic N) is 2. The zero-order chi connectivity index (χ0) is 14.2. The van der Waals surface area contributed by atoms with E-state index in [1.807, 2.05) is 0 Å². The van der Waals surface area contributed by atoms with Gasteiger partial charge in [-0.25, -0.2) is 0 Å². The first-order chi connectivity index (χ1) is 9.75. The zero-order valence-electron chi connectivity index (χ0n) is 13.0. The average Bonchev–Trinajstić information content (AvgIpc) is 2.92. The standard InChI is InChI=1S/C17H29N3/c1-19(2)12-6-10-18-11-14-20-13-9-17(15-20)16-7-4-3-5-8-16/h3-5,7-8,17-18H,6,9-15H2,1-2H3. The molecule has 2 rings (SSSR count). The van der Waals surface area contributed by atoms with E-state index < -0.39 is 0 Å². The number of hydrogen-bond donors (Lipinski definition) is 1. The van der Waals surface area contributed by atoms with Gasteiger partial charge in [0.2, 0.25) is 0 Å². The molecule has 1 atom stereocenters. The molecule has 0 radical (unpaired) electrons. The molecule has 3 heteroatoms. The Bertz CT molecular complexity index is 364. The van der Waals surface area contributed by atoms with Crippen LogP contribution < -0.4 is 5.32 Å². The summed E-state index contributed by atoms with van der Waals surface area (Å²) < 4.78 is 0.